The Morgan fingerprint density at radius 2 is 2.00 bits per heavy atom. The van der Waals surface area contributed by atoms with Gasteiger partial charge in [0.2, 0.25) is 0 Å². The number of nitrogens with one attached hydrogen (secondary N) is 3. The van der Waals surface area contributed by atoms with Gasteiger partial charge in [-0.1, -0.05) is 6.07 Å². The molecule has 0 aromatic heterocycles. The molecule has 1 aromatic rings. The number of amides is 2. The van der Waals surface area contributed by atoms with E-state index < -0.39 is 0 Å². The fraction of sp³-hybridized carbons (Fsp3) is 0.533. The van der Waals surface area contributed by atoms with Crippen LogP contribution in [0.15, 0.2) is 18.2 Å². The van der Waals surface area contributed by atoms with Gasteiger partial charge in [0.05, 0.1) is 0 Å². The van der Waals surface area contributed by atoms with Crippen molar-refractivity contribution in [2.45, 2.75) is 38.6 Å². The zero-order chi connectivity index (χ0) is 13.9. The SMILES string of the molecule is CNC(C)(C)CNC(=O)Nc1ccc2c(c1)CCC2. The molecule has 1 aliphatic rings. The van der Waals surface area contributed by atoms with E-state index in [9.17, 15) is 4.79 Å². The van der Waals surface area contributed by atoms with Crippen LogP contribution in [0.5, 0.6) is 0 Å². The molecule has 104 valence electrons. The Bertz CT molecular complexity index is 468. The summed E-state index contributed by atoms with van der Waals surface area (Å²) in [6.07, 6.45) is 3.51. The molecule has 0 saturated carbocycles. The molecule has 2 amide bonds. The third kappa shape index (κ3) is 3.70. The lowest BCUT2D eigenvalue weighted by atomic mass is 10.1. The number of hydrogen-bond donors (Lipinski definition) is 3. The van der Waals surface area contributed by atoms with Crippen LogP contribution in [0.2, 0.25) is 0 Å². The second-order valence-electron chi connectivity index (χ2n) is 5.78. The maximum atomic E-state index is 11.8. The summed E-state index contributed by atoms with van der Waals surface area (Å²) in [6.45, 7) is 4.67. The first-order chi connectivity index (χ1) is 9.00. The van der Waals surface area contributed by atoms with Crippen LogP contribution in [0.3, 0.4) is 0 Å². The van der Waals surface area contributed by atoms with Crippen molar-refractivity contribution in [2.75, 3.05) is 18.9 Å². The average molecular weight is 261 g/mol. The fourth-order valence-corrected chi connectivity index (χ4v) is 2.21. The number of urea groups is 1. The topological polar surface area (TPSA) is 53.2 Å². The number of carbonyl (C=O) groups excluding carboxylic acids is 1. The molecule has 0 fully saturated rings. The van der Waals surface area contributed by atoms with Crippen molar-refractivity contribution in [3.8, 4) is 0 Å². The number of rotatable bonds is 4. The normalized spacial score (nSPS) is 14.1. The van der Waals surface area contributed by atoms with E-state index in [1.165, 1.54) is 17.5 Å². The number of anilines is 1. The van der Waals surface area contributed by atoms with E-state index in [-0.39, 0.29) is 11.6 Å². The molecule has 2 rings (SSSR count). The summed E-state index contributed by atoms with van der Waals surface area (Å²) in [7, 11) is 1.89. The van der Waals surface area contributed by atoms with Crippen LogP contribution in [-0.4, -0.2) is 25.2 Å². The van der Waals surface area contributed by atoms with Gasteiger partial charge in [0.25, 0.3) is 0 Å². The third-order valence-corrected chi connectivity index (χ3v) is 3.72. The van der Waals surface area contributed by atoms with Gasteiger partial charge in [-0.15, -0.1) is 0 Å². The molecule has 0 atom stereocenters. The highest BCUT2D eigenvalue weighted by Gasteiger charge is 2.16. The van der Waals surface area contributed by atoms with E-state index in [1.54, 1.807) is 0 Å². The van der Waals surface area contributed by atoms with Gasteiger partial charge in [0.1, 0.15) is 0 Å². The average Bonchev–Trinajstić information content (AvgIpc) is 2.84. The molecule has 4 nitrogen and oxygen atoms in total. The van der Waals surface area contributed by atoms with Crippen molar-refractivity contribution in [1.82, 2.24) is 10.6 Å². The molecule has 19 heavy (non-hydrogen) atoms. The molecular weight excluding hydrogens is 238 g/mol. The zero-order valence-corrected chi connectivity index (χ0v) is 12.0. The minimum absolute atomic E-state index is 0.102. The first-order valence-electron chi connectivity index (χ1n) is 6.86. The Hall–Kier alpha value is -1.55. The van der Waals surface area contributed by atoms with Gasteiger partial charge in [0, 0.05) is 17.8 Å². The molecule has 0 bridgehead atoms. The van der Waals surface area contributed by atoms with E-state index in [0.717, 1.165) is 18.5 Å². The second-order valence-corrected chi connectivity index (χ2v) is 5.78. The maximum absolute atomic E-state index is 11.8. The summed E-state index contributed by atoms with van der Waals surface area (Å²) < 4.78 is 0. The second kappa shape index (κ2) is 5.61. The van der Waals surface area contributed by atoms with Crippen molar-refractivity contribution in [1.29, 1.82) is 0 Å². The minimum Gasteiger partial charge on any atom is -0.336 e. The van der Waals surface area contributed by atoms with Crippen LogP contribution in [0, 0.1) is 0 Å². The molecule has 0 spiro atoms. The summed E-state index contributed by atoms with van der Waals surface area (Å²) >= 11 is 0. The van der Waals surface area contributed by atoms with Crippen molar-refractivity contribution < 1.29 is 4.79 Å². The Morgan fingerprint density at radius 1 is 1.26 bits per heavy atom. The number of benzene rings is 1. The summed E-state index contributed by atoms with van der Waals surface area (Å²) in [6, 6.07) is 6.04. The van der Waals surface area contributed by atoms with Gasteiger partial charge < -0.3 is 16.0 Å². The summed E-state index contributed by atoms with van der Waals surface area (Å²) in [5, 5.41) is 8.92. The van der Waals surface area contributed by atoms with E-state index in [0.29, 0.717) is 6.54 Å². The lowest BCUT2D eigenvalue weighted by Gasteiger charge is -2.24. The van der Waals surface area contributed by atoms with Gasteiger partial charge in [-0.05, 0) is 63.4 Å². The molecule has 0 radical (unpaired) electrons. The molecule has 0 unspecified atom stereocenters. The Balaban J connectivity index is 1.89. The molecule has 3 N–H and O–H groups in total. The van der Waals surface area contributed by atoms with E-state index in [4.69, 9.17) is 0 Å². The van der Waals surface area contributed by atoms with Crippen LogP contribution in [0.4, 0.5) is 10.5 Å². The predicted molar refractivity (Wildman–Crippen MR) is 78.6 cm³/mol. The van der Waals surface area contributed by atoms with Crippen LogP contribution < -0.4 is 16.0 Å². The Kier molecular flexibility index (Phi) is 4.10. The summed E-state index contributed by atoms with van der Waals surface area (Å²) in [5.74, 6) is 0. The summed E-state index contributed by atoms with van der Waals surface area (Å²) in [4.78, 5) is 11.8. The van der Waals surface area contributed by atoms with Crippen LogP contribution in [-0.2, 0) is 12.8 Å². The predicted octanol–water partition coefficient (Wildman–Crippen LogP) is 2.29. The van der Waals surface area contributed by atoms with E-state index in [2.05, 4.69) is 28.1 Å². The monoisotopic (exact) mass is 261 g/mol. The summed E-state index contributed by atoms with van der Waals surface area (Å²) in [5.41, 5.74) is 3.56. The highest BCUT2D eigenvalue weighted by atomic mass is 16.2. The van der Waals surface area contributed by atoms with Crippen molar-refractivity contribution in [2.24, 2.45) is 0 Å². The van der Waals surface area contributed by atoms with Crippen LogP contribution in [0.25, 0.3) is 0 Å². The van der Waals surface area contributed by atoms with Gasteiger partial charge in [-0.3, -0.25) is 0 Å². The molecule has 0 aliphatic heterocycles. The smallest absolute Gasteiger partial charge is 0.319 e. The number of aryl methyl sites for hydroxylation is 2. The highest BCUT2D eigenvalue weighted by molar-refractivity contribution is 5.89. The lowest BCUT2D eigenvalue weighted by Crippen LogP contribution is -2.48. The first kappa shape index (κ1) is 13.9. The number of likely N-dealkylation sites (N-methyl/N-ethyl adjacent to an activating group) is 1. The van der Waals surface area contributed by atoms with Gasteiger partial charge in [0.15, 0.2) is 0 Å². The third-order valence-electron chi connectivity index (χ3n) is 3.72. The number of carbonyl (C=O) groups is 1. The van der Waals surface area contributed by atoms with Crippen LogP contribution in [0.1, 0.15) is 31.4 Å². The molecule has 4 heteroatoms. The van der Waals surface area contributed by atoms with Crippen molar-refractivity contribution in [3.05, 3.63) is 29.3 Å². The van der Waals surface area contributed by atoms with Gasteiger partial charge in [-0.2, -0.15) is 0 Å². The molecule has 1 aromatic carbocycles. The van der Waals surface area contributed by atoms with Crippen molar-refractivity contribution in [3.63, 3.8) is 0 Å². The van der Waals surface area contributed by atoms with Gasteiger partial charge >= 0.3 is 6.03 Å². The van der Waals surface area contributed by atoms with E-state index >= 15 is 0 Å². The molecular formula is C15H23N3O. The first-order valence-corrected chi connectivity index (χ1v) is 6.86. The standard InChI is InChI=1S/C15H23N3O/c1-15(2,16-3)10-17-14(19)18-13-8-7-11-5-4-6-12(11)9-13/h7-9,16H,4-6,10H2,1-3H3,(H2,17,18,19). The quantitative estimate of drug-likeness (QED) is 0.779. The number of fused-ring (bicyclic) bond motifs is 1. The van der Waals surface area contributed by atoms with Crippen molar-refractivity contribution >= 4 is 11.7 Å². The Morgan fingerprint density at radius 3 is 2.74 bits per heavy atom. The largest absolute Gasteiger partial charge is 0.336 e. The lowest BCUT2D eigenvalue weighted by molar-refractivity contribution is 0.248. The molecule has 0 saturated heterocycles. The minimum atomic E-state index is -0.152. The van der Waals surface area contributed by atoms with E-state index in [1.807, 2.05) is 27.0 Å². The highest BCUT2D eigenvalue weighted by Crippen LogP contribution is 2.24. The maximum Gasteiger partial charge on any atom is 0.319 e. The molecule has 1 aliphatic carbocycles. The fourth-order valence-electron chi connectivity index (χ4n) is 2.21. The number of hydrogen-bond acceptors (Lipinski definition) is 2. The zero-order valence-electron chi connectivity index (χ0n) is 12.0. The van der Waals surface area contributed by atoms with Gasteiger partial charge in [-0.25, -0.2) is 4.79 Å². The van der Waals surface area contributed by atoms with Crippen LogP contribution >= 0.6 is 0 Å². The molecule has 0 heterocycles. The Labute approximate surface area is 115 Å².